The Hall–Kier alpha value is -0.990. The standard InChI is InChI=1S/C15H15BrClN/c1-11-3-6-13(7-4-11)18(2)14-8-5-12(10-16)15(17)9-14/h3-9H,10H2,1-2H3. The SMILES string of the molecule is Cc1ccc(N(C)c2ccc(CBr)c(Cl)c2)cc1. The van der Waals surface area contributed by atoms with Gasteiger partial charge in [0.05, 0.1) is 0 Å². The van der Waals surface area contributed by atoms with Gasteiger partial charge in [-0.05, 0) is 36.8 Å². The van der Waals surface area contributed by atoms with E-state index in [1.807, 2.05) is 13.1 Å². The molecule has 2 rings (SSSR count). The van der Waals surface area contributed by atoms with E-state index in [1.54, 1.807) is 0 Å². The molecule has 0 fully saturated rings. The molecule has 3 heteroatoms. The molecule has 18 heavy (non-hydrogen) atoms. The molecule has 0 aliphatic rings. The lowest BCUT2D eigenvalue weighted by Gasteiger charge is -2.20. The molecule has 0 amide bonds. The minimum Gasteiger partial charge on any atom is -0.345 e. The third-order valence-corrected chi connectivity index (χ3v) is 3.95. The maximum absolute atomic E-state index is 6.23. The summed E-state index contributed by atoms with van der Waals surface area (Å²) < 4.78 is 0. The molecule has 0 saturated heterocycles. The van der Waals surface area contributed by atoms with Crippen LogP contribution in [0, 0.1) is 6.92 Å². The third kappa shape index (κ3) is 2.88. The molecule has 0 heterocycles. The van der Waals surface area contributed by atoms with Crippen molar-refractivity contribution in [2.45, 2.75) is 12.3 Å². The molecule has 1 nitrogen and oxygen atoms in total. The predicted octanol–water partition coefficient (Wildman–Crippen LogP) is 5.31. The molecule has 0 aliphatic carbocycles. The Balaban J connectivity index is 2.31. The van der Waals surface area contributed by atoms with Crippen molar-refractivity contribution < 1.29 is 0 Å². The lowest BCUT2D eigenvalue weighted by atomic mass is 10.2. The van der Waals surface area contributed by atoms with E-state index in [4.69, 9.17) is 11.6 Å². The highest BCUT2D eigenvalue weighted by molar-refractivity contribution is 9.08. The normalized spacial score (nSPS) is 10.4. The summed E-state index contributed by atoms with van der Waals surface area (Å²) in [6.07, 6.45) is 0. The van der Waals surface area contributed by atoms with E-state index >= 15 is 0 Å². The summed E-state index contributed by atoms with van der Waals surface area (Å²) in [5, 5.41) is 1.57. The number of halogens is 2. The van der Waals surface area contributed by atoms with Gasteiger partial charge in [-0.3, -0.25) is 0 Å². The summed E-state index contributed by atoms with van der Waals surface area (Å²) in [5.41, 5.74) is 4.62. The molecule has 0 radical (unpaired) electrons. The van der Waals surface area contributed by atoms with Gasteiger partial charge in [0.25, 0.3) is 0 Å². The fourth-order valence-electron chi connectivity index (χ4n) is 1.77. The molecule has 0 unspecified atom stereocenters. The van der Waals surface area contributed by atoms with Crippen LogP contribution in [0.1, 0.15) is 11.1 Å². The summed E-state index contributed by atoms with van der Waals surface area (Å²) in [4.78, 5) is 2.13. The first-order chi connectivity index (χ1) is 8.61. The number of rotatable bonds is 3. The van der Waals surface area contributed by atoms with Crippen molar-refractivity contribution >= 4 is 38.9 Å². The smallest absolute Gasteiger partial charge is 0.0467 e. The number of benzene rings is 2. The van der Waals surface area contributed by atoms with E-state index in [0.717, 1.165) is 27.3 Å². The third-order valence-electron chi connectivity index (χ3n) is 2.99. The Labute approximate surface area is 122 Å². The summed E-state index contributed by atoms with van der Waals surface area (Å²) >= 11 is 9.65. The van der Waals surface area contributed by atoms with Gasteiger partial charge in [-0.1, -0.05) is 51.3 Å². The monoisotopic (exact) mass is 323 g/mol. The molecule has 0 aliphatic heterocycles. The second-order valence-corrected chi connectivity index (χ2v) is 5.27. The first-order valence-corrected chi connectivity index (χ1v) is 7.26. The maximum atomic E-state index is 6.23. The van der Waals surface area contributed by atoms with Crippen molar-refractivity contribution in [3.05, 3.63) is 58.6 Å². The topological polar surface area (TPSA) is 3.24 Å². The Kier molecular flexibility index (Phi) is 4.31. The first-order valence-electron chi connectivity index (χ1n) is 5.76. The van der Waals surface area contributed by atoms with E-state index in [2.05, 4.69) is 64.2 Å². The molecule has 2 aromatic carbocycles. The van der Waals surface area contributed by atoms with Gasteiger partial charge in [0.1, 0.15) is 0 Å². The van der Waals surface area contributed by atoms with E-state index < -0.39 is 0 Å². The Morgan fingerprint density at radius 1 is 1.06 bits per heavy atom. The van der Waals surface area contributed by atoms with Gasteiger partial charge < -0.3 is 4.90 Å². The largest absolute Gasteiger partial charge is 0.345 e. The molecule has 0 spiro atoms. The van der Waals surface area contributed by atoms with Crippen LogP contribution in [0.2, 0.25) is 5.02 Å². The fourth-order valence-corrected chi connectivity index (χ4v) is 2.66. The molecule has 0 saturated carbocycles. The van der Waals surface area contributed by atoms with Crippen LogP contribution in [0.3, 0.4) is 0 Å². The van der Waals surface area contributed by atoms with E-state index in [1.165, 1.54) is 5.56 Å². The van der Waals surface area contributed by atoms with E-state index in [-0.39, 0.29) is 0 Å². The van der Waals surface area contributed by atoms with Gasteiger partial charge in [-0.15, -0.1) is 0 Å². The number of nitrogens with zero attached hydrogens (tertiary/aromatic N) is 1. The second kappa shape index (κ2) is 5.77. The van der Waals surface area contributed by atoms with Gasteiger partial charge in [0.2, 0.25) is 0 Å². The van der Waals surface area contributed by atoms with Crippen molar-refractivity contribution in [2.75, 3.05) is 11.9 Å². The van der Waals surface area contributed by atoms with Crippen molar-refractivity contribution in [2.24, 2.45) is 0 Å². The maximum Gasteiger partial charge on any atom is 0.0467 e. The minimum absolute atomic E-state index is 0.778. The Morgan fingerprint density at radius 3 is 2.22 bits per heavy atom. The van der Waals surface area contributed by atoms with Gasteiger partial charge in [0.15, 0.2) is 0 Å². The molecule has 94 valence electrons. The number of aryl methyl sites for hydroxylation is 1. The molecule has 0 N–H and O–H groups in total. The Bertz CT molecular complexity index is 537. The van der Waals surface area contributed by atoms with Crippen molar-refractivity contribution in [3.63, 3.8) is 0 Å². The molecule has 0 atom stereocenters. The summed E-state index contributed by atoms with van der Waals surface area (Å²) in [6.45, 7) is 2.09. The van der Waals surface area contributed by atoms with E-state index in [0.29, 0.717) is 0 Å². The van der Waals surface area contributed by atoms with Crippen LogP contribution in [0.25, 0.3) is 0 Å². The van der Waals surface area contributed by atoms with Gasteiger partial charge in [-0.2, -0.15) is 0 Å². The van der Waals surface area contributed by atoms with Crippen LogP contribution < -0.4 is 4.90 Å². The summed E-state index contributed by atoms with van der Waals surface area (Å²) in [6, 6.07) is 14.6. The zero-order valence-corrected chi connectivity index (χ0v) is 12.8. The van der Waals surface area contributed by atoms with Crippen molar-refractivity contribution in [1.82, 2.24) is 0 Å². The second-order valence-electron chi connectivity index (χ2n) is 4.30. The molecule has 0 bridgehead atoms. The van der Waals surface area contributed by atoms with Crippen LogP contribution >= 0.6 is 27.5 Å². The fraction of sp³-hybridized carbons (Fsp3) is 0.200. The molecule has 0 aromatic heterocycles. The minimum atomic E-state index is 0.778. The highest BCUT2D eigenvalue weighted by Crippen LogP contribution is 2.29. The number of anilines is 2. The zero-order valence-electron chi connectivity index (χ0n) is 10.5. The van der Waals surface area contributed by atoms with Gasteiger partial charge in [0, 0.05) is 28.8 Å². The number of hydrogen-bond donors (Lipinski definition) is 0. The predicted molar refractivity (Wildman–Crippen MR) is 83.3 cm³/mol. The van der Waals surface area contributed by atoms with Gasteiger partial charge in [-0.25, -0.2) is 0 Å². The van der Waals surface area contributed by atoms with Crippen LogP contribution in [0.4, 0.5) is 11.4 Å². The van der Waals surface area contributed by atoms with Crippen LogP contribution in [0.15, 0.2) is 42.5 Å². The summed E-state index contributed by atoms with van der Waals surface area (Å²) in [5.74, 6) is 0. The number of hydrogen-bond acceptors (Lipinski definition) is 1. The highest BCUT2D eigenvalue weighted by atomic mass is 79.9. The number of alkyl halides is 1. The van der Waals surface area contributed by atoms with Crippen LogP contribution in [-0.2, 0) is 5.33 Å². The van der Waals surface area contributed by atoms with Crippen LogP contribution in [-0.4, -0.2) is 7.05 Å². The lowest BCUT2D eigenvalue weighted by Crippen LogP contribution is -2.09. The first kappa shape index (κ1) is 13.4. The quantitative estimate of drug-likeness (QED) is 0.691. The average Bonchev–Trinajstić information content (AvgIpc) is 2.38. The molecular weight excluding hydrogens is 310 g/mol. The van der Waals surface area contributed by atoms with Crippen molar-refractivity contribution in [3.8, 4) is 0 Å². The zero-order chi connectivity index (χ0) is 13.1. The van der Waals surface area contributed by atoms with Crippen molar-refractivity contribution in [1.29, 1.82) is 0 Å². The average molecular weight is 325 g/mol. The molecule has 2 aromatic rings. The Morgan fingerprint density at radius 2 is 1.67 bits per heavy atom. The summed E-state index contributed by atoms with van der Waals surface area (Å²) in [7, 11) is 2.05. The van der Waals surface area contributed by atoms with E-state index in [9.17, 15) is 0 Å². The lowest BCUT2D eigenvalue weighted by molar-refractivity contribution is 1.20. The van der Waals surface area contributed by atoms with Gasteiger partial charge >= 0.3 is 0 Å². The van der Waals surface area contributed by atoms with Crippen LogP contribution in [0.5, 0.6) is 0 Å². The molecular formula is C15H15BrClN. The highest BCUT2D eigenvalue weighted by Gasteiger charge is 2.06.